The number of aromatic carboxylic acids is 1. The lowest BCUT2D eigenvalue weighted by Gasteiger charge is -2.16. The quantitative estimate of drug-likeness (QED) is 0.716. The van der Waals surface area contributed by atoms with Crippen molar-refractivity contribution in [3.05, 3.63) is 23.0 Å². The van der Waals surface area contributed by atoms with Gasteiger partial charge in [-0.15, -0.1) is 0 Å². The molecule has 0 fully saturated rings. The van der Waals surface area contributed by atoms with Crippen LogP contribution in [0, 0.1) is 6.92 Å². The fraction of sp³-hybridized carbons (Fsp3) is 0.583. The molecule has 1 heterocycles. The van der Waals surface area contributed by atoms with E-state index >= 15 is 0 Å². The highest BCUT2D eigenvalue weighted by Gasteiger charge is 2.19. The molecule has 1 rings (SSSR count). The van der Waals surface area contributed by atoms with Crippen LogP contribution in [0.2, 0.25) is 0 Å². The van der Waals surface area contributed by atoms with Gasteiger partial charge in [0.1, 0.15) is 0 Å². The first-order chi connectivity index (χ1) is 8.10. The Hall–Kier alpha value is -1.33. The molecule has 1 aromatic heterocycles. The highest BCUT2D eigenvalue weighted by molar-refractivity contribution is 5.90. The van der Waals surface area contributed by atoms with Gasteiger partial charge in [-0.05, 0) is 26.3 Å². The predicted octanol–water partition coefficient (Wildman–Crippen LogP) is 1.96. The van der Waals surface area contributed by atoms with Gasteiger partial charge in [0.2, 0.25) is 0 Å². The third-order valence-electron chi connectivity index (χ3n) is 2.45. The smallest absolute Gasteiger partial charge is 0.337 e. The monoisotopic (exact) mass is 241 g/mol. The number of hydrogen-bond acceptors (Lipinski definition) is 3. The van der Waals surface area contributed by atoms with Gasteiger partial charge in [-0.1, -0.05) is 0 Å². The number of ether oxygens (including phenoxy) is 2. The van der Waals surface area contributed by atoms with Crippen LogP contribution in [0.25, 0.3) is 0 Å². The van der Waals surface area contributed by atoms with Gasteiger partial charge >= 0.3 is 5.97 Å². The second kappa shape index (κ2) is 6.42. The lowest BCUT2D eigenvalue weighted by molar-refractivity contribution is -0.135. The number of aromatic nitrogens is 1. The minimum Gasteiger partial charge on any atom is -0.478 e. The molecule has 0 aliphatic rings. The first-order valence-corrected chi connectivity index (χ1v) is 5.73. The van der Waals surface area contributed by atoms with Gasteiger partial charge in [0.25, 0.3) is 0 Å². The van der Waals surface area contributed by atoms with Crippen molar-refractivity contribution in [3.63, 3.8) is 0 Å². The molecule has 0 spiro atoms. The molecule has 5 heteroatoms. The Morgan fingerprint density at radius 3 is 2.47 bits per heavy atom. The van der Waals surface area contributed by atoms with Crippen molar-refractivity contribution >= 4 is 5.97 Å². The fourth-order valence-corrected chi connectivity index (χ4v) is 1.74. The number of nitrogens with one attached hydrogen (secondary N) is 1. The van der Waals surface area contributed by atoms with Crippen molar-refractivity contribution in [2.45, 2.75) is 33.5 Å². The third kappa shape index (κ3) is 3.57. The summed E-state index contributed by atoms with van der Waals surface area (Å²) in [6.07, 6.45) is 1.70. The van der Waals surface area contributed by atoms with Gasteiger partial charge in [0, 0.05) is 31.5 Å². The van der Waals surface area contributed by atoms with Gasteiger partial charge in [0.15, 0.2) is 6.29 Å². The zero-order chi connectivity index (χ0) is 12.8. The van der Waals surface area contributed by atoms with Gasteiger partial charge in [-0.25, -0.2) is 4.79 Å². The first kappa shape index (κ1) is 13.7. The Kier molecular flexibility index (Phi) is 5.18. The van der Waals surface area contributed by atoms with E-state index in [4.69, 9.17) is 14.6 Å². The second-order valence-corrected chi connectivity index (χ2v) is 3.67. The van der Waals surface area contributed by atoms with Crippen molar-refractivity contribution in [1.29, 1.82) is 0 Å². The van der Waals surface area contributed by atoms with Crippen LogP contribution < -0.4 is 0 Å². The molecule has 2 N–H and O–H groups in total. The van der Waals surface area contributed by atoms with Gasteiger partial charge < -0.3 is 19.6 Å². The van der Waals surface area contributed by atoms with E-state index < -0.39 is 12.3 Å². The molecular formula is C12H19NO4. The van der Waals surface area contributed by atoms with E-state index in [0.29, 0.717) is 30.9 Å². The summed E-state index contributed by atoms with van der Waals surface area (Å²) < 4.78 is 10.8. The summed E-state index contributed by atoms with van der Waals surface area (Å²) in [5.41, 5.74) is 1.68. The van der Waals surface area contributed by atoms with E-state index in [0.717, 1.165) is 5.56 Å². The number of aryl methyl sites for hydroxylation is 1. The summed E-state index contributed by atoms with van der Waals surface area (Å²) in [7, 11) is 0. The topological polar surface area (TPSA) is 71.6 Å². The maximum atomic E-state index is 11.1. The average Bonchev–Trinajstić information content (AvgIpc) is 2.60. The molecule has 96 valence electrons. The van der Waals surface area contributed by atoms with Crippen molar-refractivity contribution in [2.24, 2.45) is 0 Å². The Morgan fingerprint density at radius 1 is 1.41 bits per heavy atom. The van der Waals surface area contributed by atoms with E-state index in [1.54, 1.807) is 13.1 Å². The Balaban J connectivity index is 2.81. The standard InChI is InChI=1S/C12H19NO4/c1-4-16-10(17-5-2)6-9-11(12(14)15)8(3)7-13-9/h7,10,13H,4-6H2,1-3H3,(H,14,15). The molecule has 0 aliphatic carbocycles. The van der Waals surface area contributed by atoms with Crippen LogP contribution >= 0.6 is 0 Å². The molecule has 0 radical (unpaired) electrons. The molecule has 0 bridgehead atoms. The molecular weight excluding hydrogens is 222 g/mol. The van der Waals surface area contributed by atoms with Crippen LogP contribution in [0.1, 0.15) is 35.5 Å². The van der Waals surface area contributed by atoms with Gasteiger partial charge in [0.05, 0.1) is 5.56 Å². The molecule has 0 aromatic carbocycles. The highest BCUT2D eigenvalue weighted by Crippen LogP contribution is 2.16. The van der Waals surface area contributed by atoms with Crippen LogP contribution in [0.5, 0.6) is 0 Å². The van der Waals surface area contributed by atoms with E-state index in [1.807, 2.05) is 13.8 Å². The van der Waals surface area contributed by atoms with Crippen molar-refractivity contribution in [2.75, 3.05) is 13.2 Å². The third-order valence-corrected chi connectivity index (χ3v) is 2.45. The zero-order valence-electron chi connectivity index (χ0n) is 10.4. The lowest BCUT2D eigenvalue weighted by atomic mass is 10.1. The normalized spacial score (nSPS) is 11.1. The molecule has 0 saturated heterocycles. The van der Waals surface area contributed by atoms with Crippen LogP contribution in [-0.4, -0.2) is 35.6 Å². The van der Waals surface area contributed by atoms with Gasteiger partial charge in [-0.3, -0.25) is 0 Å². The second-order valence-electron chi connectivity index (χ2n) is 3.67. The Labute approximate surface area is 101 Å². The summed E-state index contributed by atoms with van der Waals surface area (Å²) >= 11 is 0. The average molecular weight is 241 g/mol. The minimum atomic E-state index is -0.925. The molecule has 0 atom stereocenters. The maximum absolute atomic E-state index is 11.1. The SMILES string of the molecule is CCOC(Cc1[nH]cc(C)c1C(=O)O)OCC. The maximum Gasteiger partial charge on any atom is 0.337 e. The Bertz CT molecular complexity index is 367. The number of H-pyrrole nitrogens is 1. The van der Waals surface area contributed by atoms with E-state index in [1.165, 1.54) is 0 Å². The minimum absolute atomic E-state index is 0.314. The number of rotatable bonds is 7. The molecule has 0 amide bonds. The number of carboxylic acid groups (broad SMARTS) is 1. The Morgan fingerprint density at radius 2 is 2.00 bits per heavy atom. The van der Waals surface area contributed by atoms with Crippen molar-refractivity contribution in [3.8, 4) is 0 Å². The number of carboxylic acids is 1. The largest absolute Gasteiger partial charge is 0.478 e. The van der Waals surface area contributed by atoms with E-state index in [-0.39, 0.29) is 0 Å². The first-order valence-electron chi connectivity index (χ1n) is 5.73. The molecule has 5 nitrogen and oxygen atoms in total. The summed E-state index contributed by atoms with van der Waals surface area (Å²) in [5.74, 6) is -0.925. The number of carbonyl (C=O) groups is 1. The molecule has 17 heavy (non-hydrogen) atoms. The molecule has 0 unspecified atom stereocenters. The van der Waals surface area contributed by atoms with Crippen molar-refractivity contribution in [1.82, 2.24) is 4.98 Å². The fourth-order valence-electron chi connectivity index (χ4n) is 1.74. The van der Waals surface area contributed by atoms with E-state index in [2.05, 4.69) is 4.98 Å². The lowest BCUT2D eigenvalue weighted by Crippen LogP contribution is -2.21. The van der Waals surface area contributed by atoms with Crippen LogP contribution in [0.4, 0.5) is 0 Å². The molecule has 1 aromatic rings. The zero-order valence-corrected chi connectivity index (χ0v) is 10.4. The number of hydrogen-bond donors (Lipinski definition) is 2. The summed E-state index contributed by atoms with van der Waals surface area (Å²) in [6.45, 7) is 6.59. The number of aromatic amines is 1. The summed E-state index contributed by atoms with van der Waals surface area (Å²) in [5, 5.41) is 9.11. The van der Waals surface area contributed by atoms with Crippen LogP contribution in [0.15, 0.2) is 6.20 Å². The van der Waals surface area contributed by atoms with Crippen LogP contribution in [0.3, 0.4) is 0 Å². The molecule has 0 saturated carbocycles. The summed E-state index contributed by atoms with van der Waals surface area (Å²) in [4.78, 5) is 14.1. The molecule has 0 aliphatic heterocycles. The highest BCUT2D eigenvalue weighted by atomic mass is 16.7. The van der Waals surface area contributed by atoms with Crippen molar-refractivity contribution < 1.29 is 19.4 Å². The van der Waals surface area contributed by atoms with E-state index in [9.17, 15) is 4.79 Å². The summed E-state index contributed by atoms with van der Waals surface area (Å²) in [6, 6.07) is 0. The van der Waals surface area contributed by atoms with Gasteiger partial charge in [-0.2, -0.15) is 0 Å². The predicted molar refractivity (Wildman–Crippen MR) is 63.2 cm³/mol. The van der Waals surface area contributed by atoms with Crippen LogP contribution in [-0.2, 0) is 15.9 Å².